The van der Waals surface area contributed by atoms with Crippen molar-refractivity contribution in [3.05, 3.63) is 59.2 Å². The first-order chi connectivity index (χ1) is 7.90. The van der Waals surface area contributed by atoms with Gasteiger partial charge in [-0.25, -0.2) is 0 Å². The molecule has 0 atom stereocenters. The van der Waals surface area contributed by atoms with Crippen LogP contribution in [-0.4, -0.2) is 0 Å². The molecule has 1 aliphatic carbocycles. The zero-order valence-electron chi connectivity index (χ0n) is 10.1. The van der Waals surface area contributed by atoms with Gasteiger partial charge in [0.1, 0.15) is 0 Å². The van der Waals surface area contributed by atoms with E-state index < -0.39 is 0 Å². The summed E-state index contributed by atoms with van der Waals surface area (Å²) in [7, 11) is 0. The summed E-state index contributed by atoms with van der Waals surface area (Å²) < 4.78 is 0. The Bertz CT molecular complexity index is 529. The third-order valence-corrected chi connectivity index (χ3v) is 3.37. The van der Waals surface area contributed by atoms with E-state index in [2.05, 4.69) is 49.4 Å². The Balaban J connectivity index is 0.00000108. The van der Waals surface area contributed by atoms with Gasteiger partial charge in [0.2, 0.25) is 0 Å². The number of rotatable bonds is 2. The molecule has 0 spiro atoms. The summed E-state index contributed by atoms with van der Waals surface area (Å²) in [5.41, 5.74) is 7.23. The summed E-state index contributed by atoms with van der Waals surface area (Å²) >= 11 is 0. The van der Waals surface area contributed by atoms with E-state index in [0.29, 0.717) is 0 Å². The van der Waals surface area contributed by atoms with Crippen LogP contribution in [0, 0.1) is 6.07 Å². The number of fused-ring (bicyclic) bond motifs is 3. The molecular formula is C16H15Zr-. The van der Waals surface area contributed by atoms with Crippen LogP contribution in [0.2, 0.25) is 0 Å². The first-order valence-electron chi connectivity index (χ1n) is 6.01. The SMILES string of the molecule is CCCc1[c-]ccc2c1Cc1ccccc1-2.[Zr]. The molecule has 0 amide bonds. The average molecular weight is 299 g/mol. The van der Waals surface area contributed by atoms with E-state index in [1.54, 1.807) is 0 Å². The third kappa shape index (κ3) is 2.18. The van der Waals surface area contributed by atoms with E-state index in [1.165, 1.54) is 34.2 Å². The van der Waals surface area contributed by atoms with Crippen molar-refractivity contribution in [3.8, 4) is 11.1 Å². The molecule has 2 aromatic rings. The molecule has 0 aromatic heterocycles. The molecule has 0 saturated carbocycles. The fourth-order valence-corrected chi connectivity index (χ4v) is 2.63. The first kappa shape index (κ1) is 12.8. The van der Waals surface area contributed by atoms with Crippen molar-refractivity contribution in [2.75, 3.05) is 0 Å². The van der Waals surface area contributed by atoms with Gasteiger partial charge in [0, 0.05) is 26.2 Å². The van der Waals surface area contributed by atoms with Crippen LogP contribution < -0.4 is 0 Å². The second-order valence-electron chi connectivity index (χ2n) is 4.43. The van der Waals surface area contributed by atoms with Gasteiger partial charge in [-0.1, -0.05) is 44.0 Å². The molecule has 0 unspecified atom stereocenters. The summed E-state index contributed by atoms with van der Waals surface area (Å²) in [5.74, 6) is 0. The van der Waals surface area contributed by atoms with Gasteiger partial charge in [0.05, 0.1) is 0 Å². The number of aryl methyl sites for hydroxylation is 1. The number of hydrogen-bond donors (Lipinski definition) is 0. The topological polar surface area (TPSA) is 0 Å². The molecule has 0 aliphatic heterocycles. The molecular weight excluding hydrogens is 283 g/mol. The molecule has 84 valence electrons. The second kappa shape index (κ2) is 5.31. The second-order valence-corrected chi connectivity index (χ2v) is 4.43. The molecule has 0 nitrogen and oxygen atoms in total. The first-order valence-corrected chi connectivity index (χ1v) is 6.01. The van der Waals surface area contributed by atoms with Gasteiger partial charge in [-0.3, -0.25) is 0 Å². The van der Waals surface area contributed by atoms with Gasteiger partial charge in [0.15, 0.2) is 0 Å². The van der Waals surface area contributed by atoms with Gasteiger partial charge in [0.25, 0.3) is 0 Å². The fraction of sp³-hybridized carbons (Fsp3) is 0.250. The van der Waals surface area contributed by atoms with Gasteiger partial charge >= 0.3 is 0 Å². The van der Waals surface area contributed by atoms with E-state index in [1.807, 2.05) is 0 Å². The minimum atomic E-state index is 0. The van der Waals surface area contributed by atoms with E-state index >= 15 is 0 Å². The number of hydrogen-bond acceptors (Lipinski definition) is 0. The maximum atomic E-state index is 3.40. The summed E-state index contributed by atoms with van der Waals surface area (Å²) in [5, 5.41) is 0. The van der Waals surface area contributed by atoms with Crippen LogP contribution in [0.25, 0.3) is 11.1 Å². The van der Waals surface area contributed by atoms with Gasteiger partial charge in [-0.2, -0.15) is 23.8 Å². The van der Waals surface area contributed by atoms with E-state index in [9.17, 15) is 0 Å². The Morgan fingerprint density at radius 3 is 2.76 bits per heavy atom. The normalized spacial score (nSPS) is 11.6. The van der Waals surface area contributed by atoms with Crippen LogP contribution in [0.1, 0.15) is 30.0 Å². The van der Waals surface area contributed by atoms with Crippen LogP contribution in [0.3, 0.4) is 0 Å². The van der Waals surface area contributed by atoms with Crippen molar-refractivity contribution in [2.45, 2.75) is 26.2 Å². The Hall–Kier alpha value is -0.677. The van der Waals surface area contributed by atoms with Crippen LogP contribution in [-0.2, 0) is 39.0 Å². The van der Waals surface area contributed by atoms with Crippen molar-refractivity contribution in [2.24, 2.45) is 0 Å². The molecule has 0 fully saturated rings. The summed E-state index contributed by atoms with van der Waals surface area (Å²) in [4.78, 5) is 0. The van der Waals surface area contributed by atoms with Crippen molar-refractivity contribution in [1.29, 1.82) is 0 Å². The molecule has 2 aromatic carbocycles. The number of benzene rings is 2. The third-order valence-electron chi connectivity index (χ3n) is 3.37. The minimum Gasteiger partial charge on any atom is -0.180 e. The minimum absolute atomic E-state index is 0. The largest absolute Gasteiger partial charge is 0.180 e. The molecule has 0 heterocycles. The smallest absolute Gasteiger partial charge is 0 e. The molecule has 1 aliphatic rings. The van der Waals surface area contributed by atoms with Crippen LogP contribution in [0.4, 0.5) is 0 Å². The summed E-state index contributed by atoms with van der Waals surface area (Å²) in [6.07, 6.45) is 3.44. The van der Waals surface area contributed by atoms with E-state index in [0.717, 1.165) is 12.8 Å². The maximum absolute atomic E-state index is 3.40. The molecule has 0 radical (unpaired) electrons. The Kier molecular flexibility index (Phi) is 3.99. The summed E-state index contributed by atoms with van der Waals surface area (Å²) in [6.45, 7) is 2.23. The van der Waals surface area contributed by atoms with E-state index in [4.69, 9.17) is 0 Å². The average Bonchev–Trinajstić information content (AvgIpc) is 2.69. The van der Waals surface area contributed by atoms with Gasteiger partial charge in [-0.15, -0.1) is 11.1 Å². The monoisotopic (exact) mass is 297 g/mol. The maximum Gasteiger partial charge on any atom is 0 e. The predicted molar refractivity (Wildman–Crippen MR) is 67.5 cm³/mol. The van der Waals surface area contributed by atoms with Crippen LogP contribution in [0.5, 0.6) is 0 Å². The fourth-order valence-electron chi connectivity index (χ4n) is 2.63. The van der Waals surface area contributed by atoms with Crippen LogP contribution >= 0.6 is 0 Å². The van der Waals surface area contributed by atoms with Crippen molar-refractivity contribution < 1.29 is 26.2 Å². The van der Waals surface area contributed by atoms with E-state index in [-0.39, 0.29) is 26.2 Å². The summed E-state index contributed by atoms with van der Waals surface area (Å²) in [6, 6.07) is 16.4. The molecule has 0 saturated heterocycles. The zero-order valence-corrected chi connectivity index (χ0v) is 12.5. The molecule has 1 heteroatoms. The van der Waals surface area contributed by atoms with Gasteiger partial charge < -0.3 is 0 Å². The Morgan fingerprint density at radius 2 is 1.94 bits per heavy atom. The Labute approximate surface area is 122 Å². The van der Waals surface area contributed by atoms with Crippen molar-refractivity contribution >= 4 is 0 Å². The molecule has 17 heavy (non-hydrogen) atoms. The Morgan fingerprint density at radius 1 is 1.12 bits per heavy atom. The quantitative estimate of drug-likeness (QED) is 0.627. The van der Waals surface area contributed by atoms with Gasteiger partial charge in [-0.05, 0) is 17.5 Å². The van der Waals surface area contributed by atoms with Crippen LogP contribution in [0.15, 0.2) is 36.4 Å². The predicted octanol–water partition coefficient (Wildman–Crippen LogP) is 4.01. The zero-order chi connectivity index (χ0) is 11.0. The standard InChI is InChI=1S/C16H15.Zr/c1-2-6-12-8-5-10-15-14-9-4-3-7-13(14)11-16(12)15;/h3-5,7,9-10H,2,6,11H2,1H3;/q-1;. The molecule has 3 rings (SSSR count). The molecule has 0 N–H and O–H groups in total. The molecule has 0 bridgehead atoms. The van der Waals surface area contributed by atoms with Crippen molar-refractivity contribution in [3.63, 3.8) is 0 Å². The van der Waals surface area contributed by atoms with Crippen molar-refractivity contribution in [1.82, 2.24) is 0 Å².